The van der Waals surface area contributed by atoms with Crippen LogP contribution in [-0.4, -0.2) is 54.6 Å². The average Bonchev–Trinajstić information content (AvgIpc) is 3.49. The number of amides is 1. The molecule has 4 nitrogen and oxygen atoms in total. The van der Waals surface area contributed by atoms with Gasteiger partial charge in [0.05, 0.1) is 6.10 Å². The summed E-state index contributed by atoms with van der Waals surface area (Å²) in [5.74, 6) is 0.630. The summed E-state index contributed by atoms with van der Waals surface area (Å²) in [6.45, 7) is 4.93. The molecule has 0 spiro atoms. The predicted octanol–water partition coefficient (Wildman–Crippen LogP) is 4.74. The van der Waals surface area contributed by atoms with Crippen LogP contribution in [0.5, 0.6) is 0 Å². The third kappa shape index (κ3) is 6.61. The lowest BCUT2D eigenvalue weighted by Crippen LogP contribution is -2.43. The Morgan fingerprint density at radius 3 is 2.68 bits per heavy atom. The van der Waals surface area contributed by atoms with Crippen LogP contribution in [0.2, 0.25) is 0 Å². The van der Waals surface area contributed by atoms with Crippen LogP contribution >= 0.6 is 11.3 Å². The highest BCUT2D eigenvalue weighted by Crippen LogP contribution is 2.23. The van der Waals surface area contributed by atoms with Gasteiger partial charge in [0.25, 0.3) is 0 Å². The van der Waals surface area contributed by atoms with Crippen LogP contribution in [0.1, 0.15) is 42.5 Å². The molecule has 4 rings (SSSR count). The summed E-state index contributed by atoms with van der Waals surface area (Å²) in [5.41, 5.74) is 0.768. The molecule has 168 valence electrons. The molecule has 2 aromatic rings. The van der Waals surface area contributed by atoms with Gasteiger partial charge in [-0.3, -0.25) is 9.69 Å². The number of benzene rings is 1. The molecule has 0 bridgehead atoms. The van der Waals surface area contributed by atoms with Gasteiger partial charge < -0.3 is 9.64 Å². The maximum absolute atomic E-state index is 14.0. The number of aryl methyl sites for hydroxylation is 1. The van der Waals surface area contributed by atoms with E-state index in [4.69, 9.17) is 4.74 Å². The molecule has 1 aromatic carbocycles. The Morgan fingerprint density at radius 2 is 1.97 bits per heavy atom. The van der Waals surface area contributed by atoms with Crippen molar-refractivity contribution in [1.29, 1.82) is 0 Å². The molecule has 0 aliphatic carbocycles. The third-order valence-electron chi connectivity index (χ3n) is 6.50. The van der Waals surface area contributed by atoms with Crippen LogP contribution in [0.3, 0.4) is 0 Å². The predicted molar refractivity (Wildman–Crippen MR) is 123 cm³/mol. The number of nitrogens with zero attached hydrogens (tertiary/aromatic N) is 2. The van der Waals surface area contributed by atoms with Gasteiger partial charge in [0.1, 0.15) is 5.82 Å². The number of halogens is 1. The number of likely N-dealkylation sites (tertiary alicyclic amines) is 1. The summed E-state index contributed by atoms with van der Waals surface area (Å²) < 4.78 is 19.8. The monoisotopic (exact) mass is 444 g/mol. The van der Waals surface area contributed by atoms with E-state index in [1.165, 1.54) is 10.9 Å². The van der Waals surface area contributed by atoms with E-state index in [2.05, 4.69) is 21.2 Å². The van der Waals surface area contributed by atoms with Crippen molar-refractivity contribution in [2.45, 2.75) is 51.2 Å². The lowest BCUT2D eigenvalue weighted by atomic mass is 9.95. The van der Waals surface area contributed by atoms with Gasteiger partial charge in [-0.15, -0.1) is 11.3 Å². The number of thiophene rings is 1. The van der Waals surface area contributed by atoms with Gasteiger partial charge in [-0.25, -0.2) is 4.39 Å². The van der Waals surface area contributed by atoms with Gasteiger partial charge >= 0.3 is 0 Å². The number of carbonyl (C=O) groups is 1. The summed E-state index contributed by atoms with van der Waals surface area (Å²) in [6, 6.07) is 11.2. The first kappa shape index (κ1) is 22.4. The van der Waals surface area contributed by atoms with Crippen LogP contribution in [0.4, 0.5) is 4.39 Å². The second-order valence-corrected chi connectivity index (χ2v) is 9.86. The number of hydrogen-bond donors (Lipinski definition) is 0. The Bertz CT molecular complexity index is 815. The van der Waals surface area contributed by atoms with Gasteiger partial charge in [-0.05, 0) is 68.6 Å². The second kappa shape index (κ2) is 11.2. The Hall–Kier alpha value is -1.76. The highest BCUT2D eigenvalue weighted by Gasteiger charge is 2.27. The van der Waals surface area contributed by atoms with Crippen molar-refractivity contribution in [2.75, 3.05) is 32.8 Å². The molecule has 0 radical (unpaired) electrons. The zero-order valence-corrected chi connectivity index (χ0v) is 19.0. The Balaban J connectivity index is 1.29. The van der Waals surface area contributed by atoms with E-state index in [1.807, 2.05) is 18.2 Å². The van der Waals surface area contributed by atoms with E-state index >= 15 is 0 Å². The quantitative estimate of drug-likeness (QED) is 0.560. The SMILES string of the molecule is O=C(CCc1cccs1)N(CC1CCN(Cc2ccccc2F)CC1)CC1CCCO1. The van der Waals surface area contributed by atoms with Crippen LogP contribution in [0, 0.1) is 11.7 Å². The van der Waals surface area contributed by atoms with Crippen LogP contribution in [0.15, 0.2) is 41.8 Å². The highest BCUT2D eigenvalue weighted by atomic mass is 32.1. The van der Waals surface area contributed by atoms with Crippen molar-refractivity contribution < 1.29 is 13.9 Å². The summed E-state index contributed by atoms with van der Waals surface area (Å²) >= 11 is 1.72. The molecule has 0 N–H and O–H groups in total. The van der Waals surface area contributed by atoms with Gasteiger partial charge in [0.2, 0.25) is 5.91 Å². The minimum Gasteiger partial charge on any atom is -0.376 e. The fourth-order valence-corrected chi connectivity index (χ4v) is 5.37. The molecule has 6 heteroatoms. The highest BCUT2D eigenvalue weighted by molar-refractivity contribution is 7.09. The summed E-state index contributed by atoms with van der Waals surface area (Å²) in [6.07, 6.45) is 5.82. The van der Waals surface area contributed by atoms with Gasteiger partial charge in [0, 0.05) is 43.1 Å². The Kier molecular flexibility index (Phi) is 8.11. The number of ether oxygens (including phenoxy) is 1. The van der Waals surface area contributed by atoms with Crippen LogP contribution in [0.25, 0.3) is 0 Å². The molecule has 1 unspecified atom stereocenters. The van der Waals surface area contributed by atoms with E-state index in [9.17, 15) is 9.18 Å². The molecule has 1 atom stereocenters. The maximum atomic E-state index is 14.0. The maximum Gasteiger partial charge on any atom is 0.223 e. The van der Waals surface area contributed by atoms with Crippen molar-refractivity contribution in [2.24, 2.45) is 5.92 Å². The zero-order chi connectivity index (χ0) is 21.5. The normalized spacial score (nSPS) is 20.2. The van der Waals surface area contributed by atoms with Gasteiger partial charge in [0.15, 0.2) is 0 Å². The molecule has 2 aliphatic heterocycles. The minimum absolute atomic E-state index is 0.122. The van der Waals surface area contributed by atoms with Gasteiger partial charge in [-0.1, -0.05) is 24.3 Å². The smallest absolute Gasteiger partial charge is 0.223 e. The summed E-state index contributed by atoms with van der Waals surface area (Å²) in [4.78, 5) is 18.7. The largest absolute Gasteiger partial charge is 0.376 e. The lowest BCUT2D eigenvalue weighted by Gasteiger charge is -2.35. The number of carbonyl (C=O) groups excluding carboxylic acids is 1. The van der Waals surface area contributed by atoms with Crippen molar-refractivity contribution in [1.82, 2.24) is 9.80 Å². The second-order valence-electron chi connectivity index (χ2n) is 8.82. The Morgan fingerprint density at radius 1 is 1.13 bits per heavy atom. The van der Waals surface area contributed by atoms with E-state index in [0.29, 0.717) is 18.9 Å². The van der Waals surface area contributed by atoms with E-state index in [0.717, 1.165) is 70.5 Å². The number of piperidine rings is 1. The molecule has 2 fully saturated rings. The molecule has 1 aromatic heterocycles. The van der Waals surface area contributed by atoms with Crippen molar-refractivity contribution in [3.8, 4) is 0 Å². The van der Waals surface area contributed by atoms with E-state index < -0.39 is 0 Å². The summed E-state index contributed by atoms with van der Waals surface area (Å²) in [5, 5.41) is 2.07. The first-order valence-corrected chi connectivity index (χ1v) is 12.4. The molecule has 0 saturated carbocycles. The topological polar surface area (TPSA) is 32.8 Å². The van der Waals surface area contributed by atoms with Crippen molar-refractivity contribution in [3.63, 3.8) is 0 Å². The molecular weight excluding hydrogens is 411 g/mol. The lowest BCUT2D eigenvalue weighted by molar-refractivity contribution is -0.133. The molecular formula is C25H33FN2O2S. The molecule has 1 amide bonds. The molecule has 2 saturated heterocycles. The van der Waals surface area contributed by atoms with Crippen LogP contribution in [-0.2, 0) is 22.5 Å². The fraction of sp³-hybridized carbons (Fsp3) is 0.560. The zero-order valence-electron chi connectivity index (χ0n) is 18.2. The first-order chi connectivity index (χ1) is 15.2. The standard InChI is InChI=1S/C25H33FN2O2S/c26-24-8-2-1-5-21(24)18-27-13-11-20(12-14-27)17-28(19-22-6-3-15-30-22)25(29)10-9-23-7-4-16-31-23/h1-2,4-5,7-8,16,20,22H,3,6,9-15,17-19H2. The average molecular weight is 445 g/mol. The van der Waals surface area contributed by atoms with Crippen molar-refractivity contribution >= 4 is 17.2 Å². The van der Waals surface area contributed by atoms with E-state index in [-0.39, 0.29) is 17.8 Å². The van der Waals surface area contributed by atoms with Crippen molar-refractivity contribution in [3.05, 3.63) is 58.0 Å². The molecule has 2 aliphatic rings. The first-order valence-electron chi connectivity index (χ1n) is 11.5. The number of hydrogen-bond acceptors (Lipinski definition) is 4. The van der Waals surface area contributed by atoms with E-state index in [1.54, 1.807) is 17.4 Å². The minimum atomic E-state index is -0.122. The van der Waals surface area contributed by atoms with Crippen LogP contribution < -0.4 is 0 Å². The summed E-state index contributed by atoms with van der Waals surface area (Å²) in [7, 11) is 0. The third-order valence-corrected chi connectivity index (χ3v) is 7.44. The fourth-order valence-electron chi connectivity index (χ4n) is 4.66. The molecule has 31 heavy (non-hydrogen) atoms. The number of rotatable bonds is 9. The molecule has 3 heterocycles. The Labute approximate surface area is 189 Å². The van der Waals surface area contributed by atoms with Gasteiger partial charge in [-0.2, -0.15) is 0 Å².